The molecule has 1 heterocycles. The highest BCUT2D eigenvalue weighted by Gasteiger charge is 2.29. The molecule has 8 heteroatoms. The molecule has 0 bridgehead atoms. The molecule has 0 saturated carbocycles. The lowest BCUT2D eigenvalue weighted by atomic mass is 10.1. The second-order valence-electron chi connectivity index (χ2n) is 4.71. The summed E-state index contributed by atoms with van der Waals surface area (Å²) >= 11 is 5.71. The van der Waals surface area contributed by atoms with Gasteiger partial charge >= 0.3 is 11.9 Å². The van der Waals surface area contributed by atoms with Crippen molar-refractivity contribution in [3.63, 3.8) is 0 Å². The maximum absolute atomic E-state index is 14.0. The van der Waals surface area contributed by atoms with E-state index in [2.05, 4.69) is 4.74 Å². The van der Waals surface area contributed by atoms with E-state index in [-0.39, 0.29) is 27.5 Å². The highest BCUT2D eigenvalue weighted by molar-refractivity contribution is 6.31. The van der Waals surface area contributed by atoms with Crippen LogP contribution in [0.2, 0.25) is 5.02 Å². The maximum atomic E-state index is 14.0. The van der Waals surface area contributed by atoms with E-state index >= 15 is 0 Å². The number of hydrogen-bond donors (Lipinski definition) is 0. The van der Waals surface area contributed by atoms with Crippen LogP contribution in [0.15, 0.2) is 47.8 Å². The minimum atomic E-state index is -0.865. The number of halogens is 2. The number of benzene rings is 1. The minimum Gasteiger partial charge on any atom is -0.465 e. The van der Waals surface area contributed by atoms with Gasteiger partial charge in [0, 0.05) is 12.3 Å². The van der Waals surface area contributed by atoms with Gasteiger partial charge in [0.2, 0.25) is 0 Å². The summed E-state index contributed by atoms with van der Waals surface area (Å²) in [7, 11) is 2.29. The highest BCUT2D eigenvalue weighted by atomic mass is 35.5. The average Bonchev–Trinajstić information content (AvgIpc) is 2.85. The summed E-state index contributed by atoms with van der Waals surface area (Å²) in [5.74, 6) is -2.45. The molecule has 0 fully saturated rings. The van der Waals surface area contributed by atoms with Crippen molar-refractivity contribution in [2.45, 2.75) is 0 Å². The van der Waals surface area contributed by atoms with Crippen molar-refractivity contribution in [3.8, 4) is 6.07 Å². The molecule has 0 N–H and O–H groups in total. The van der Waals surface area contributed by atoms with Crippen LogP contribution in [-0.4, -0.2) is 26.2 Å². The van der Waals surface area contributed by atoms with Crippen LogP contribution in [0, 0.1) is 17.1 Å². The van der Waals surface area contributed by atoms with Crippen molar-refractivity contribution in [2.24, 2.45) is 0 Å². The zero-order valence-electron chi connectivity index (χ0n) is 13.2. The Kier molecular flexibility index (Phi) is 5.57. The molecule has 1 aliphatic heterocycles. The van der Waals surface area contributed by atoms with Crippen molar-refractivity contribution >= 4 is 29.2 Å². The molecular formula is C17H12ClFN2O4. The molecule has 0 aliphatic carbocycles. The molecule has 0 spiro atoms. The SMILES string of the molecule is COC(=O)C1=C(C(=O)OC)N(c2cc(F)c(Cl)cc2C#N)C=CC=C1. The van der Waals surface area contributed by atoms with Crippen LogP contribution in [0.4, 0.5) is 10.1 Å². The predicted molar refractivity (Wildman–Crippen MR) is 87.9 cm³/mol. The number of nitriles is 1. The van der Waals surface area contributed by atoms with Crippen LogP contribution in [0.25, 0.3) is 0 Å². The first-order chi connectivity index (χ1) is 11.9. The molecule has 0 atom stereocenters. The first-order valence-electron chi connectivity index (χ1n) is 6.88. The Morgan fingerprint density at radius 1 is 1.20 bits per heavy atom. The molecule has 1 aliphatic rings. The van der Waals surface area contributed by atoms with E-state index in [0.717, 1.165) is 26.4 Å². The van der Waals surface area contributed by atoms with Crippen LogP contribution in [0.5, 0.6) is 0 Å². The number of anilines is 1. The van der Waals surface area contributed by atoms with Crippen molar-refractivity contribution in [1.82, 2.24) is 0 Å². The van der Waals surface area contributed by atoms with Crippen LogP contribution in [-0.2, 0) is 19.1 Å². The zero-order chi connectivity index (χ0) is 18.6. The molecule has 0 amide bonds. The smallest absolute Gasteiger partial charge is 0.355 e. The molecule has 0 radical (unpaired) electrons. The Hall–Kier alpha value is -3.11. The van der Waals surface area contributed by atoms with Gasteiger partial charge in [0.05, 0.1) is 36.1 Å². The quantitative estimate of drug-likeness (QED) is 0.769. The Bertz CT molecular complexity index is 868. The van der Waals surface area contributed by atoms with E-state index in [4.69, 9.17) is 16.3 Å². The number of carbonyl (C=O) groups is 2. The third-order valence-electron chi connectivity index (χ3n) is 3.31. The van der Waals surface area contributed by atoms with Crippen LogP contribution < -0.4 is 4.90 Å². The fourth-order valence-electron chi connectivity index (χ4n) is 2.18. The van der Waals surface area contributed by atoms with Gasteiger partial charge in [0.1, 0.15) is 17.6 Å². The van der Waals surface area contributed by atoms with Crippen molar-refractivity contribution in [3.05, 3.63) is 64.2 Å². The lowest BCUT2D eigenvalue weighted by Crippen LogP contribution is -2.27. The van der Waals surface area contributed by atoms with Crippen molar-refractivity contribution in [2.75, 3.05) is 19.1 Å². The maximum Gasteiger partial charge on any atom is 0.355 e. The minimum absolute atomic E-state index is 0.00330. The van der Waals surface area contributed by atoms with Gasteiger partial charge in [-0.15, -0.1) is 0 Å². The second kappa shape index (κ2) is 7.64. The van der Waals surface area contributed by atoms with Gasteiger partial charge < -0.3 is 14.4 Å². The summed E-state index contributed by atoms with van der Waals surface area (Å²) in [4.78, 5) is 25.5. The lowest BCUT2D eigenvalue weighted by molar-refractivity contribution is -0.139. The number of ether oxygens (including phenoxy) is 2. The van der Waals surface area contributed by atoms with Crippen molar-refractivity contribution < 1.29 is 23.5 Å². The molecule has 0 saturated heterocycles. The Balaban J connectivity index is 2.78. The molecule has 0 unspecified atom stereocenters. The first-order valence-corrected chi connectivity index (χ1v) is 7.26. The third-order valence-corrected chi connectivity index (χ3v) is 3.60. The van der Waals surface area contributed by atoms with E-state index in [0.29, 0.717) is 0 Å². The predicted octanol–water partition coefficient (Wildman–Crippen LogP) is 2.84. The summed E-state index contributed by atoms with van der Waals surface area (Å²) in [6.07, 6.45) is 5.75. The van der Waals surface area contributed by atoms with Crippen molar-refractivity contribution in [1.29, 1.82) is 5.26 Å². The highest BCUT2D eigenvalue weighted by Crippen LogP contribution is 2.32. The summed E-state index contributed by atoms with van der Waals surface area (Å²) in [5.41, 5.74) is -0.314. The van der Waals surface area contributed by atoms with E-state index in [1.54, 1.807) is 0 Å². The summed E-state index contributed by atoms with van der Waals surface area (Å²) in [6.45, 7) is 0. The summed E-state index contributed by atoms with van der Waals surface area (Å²) in [5, 5.41) is 9.08. The first kappa shape index (κ1) is 18.2. The van der Waals surface area contributed by atoms with E-state index < -0.39 is 17.8 Å². The largest absolute Gasteiger partial charge is 0.465 e. The fraction of sp³-hybridized carbons (Fsp3) is 0.118. The van der Waals surface area contributed by atoms with Crippen LogP contribution >= 0.6 is 11.6 Å². The molecule has 1 aromatic carbocycles. The van der Waals surface area contributed by atoms with E-state index in [9.17, 15) is 19.2 Å². The number of esters is 2. The number of carbonyl (C=O) groups excluding carboxylic acids is 2. The topological polar surface area (TPSA) is 79.6 Å². The number of rotatable bonds is 3. The summed E-state index contributed by atoms with van der Waals surface area (Å²) < 4.78 is 23.4. The van der Waals surface area contributed by atoms with Gasteiger partial charge in [-0.2, -0.15) is 5.26 Å². The van der Waals surface area contributed by atoms with Gasteiger partial charge in [-0.1, -0.05) is 17.7 Å². The van der Waals surface area contributed by atoms with E-state index in [1.807, 2.05) is 6.07 Å². The van der Waals surface area contributed by atoms with Crippen LogP contribution in [0.1, 0.15) is 5.56 Å². The van der Waals surface area contributed by atoms with Gasteiger partial charge in [0.15, 0.2) is 0 Å². The standard InChI is InChI=1S/C17H12ClFN2O4/c1-24-16(22)11-5-3-4-6-21(15(11)17(23)25-2)14-8-13(19)12(18)7-10(14)9-20/h3-8H,1-2H3. The molecule has 25 heavy (non-hydrogen) atoms. The van der Waals surface area contributed by atoms with Gasteiger partial charge in [-0.05, 0) is 18.2 Å². The fourth-order valence-corrected chi connectivity index (χ4v) is 2.34. The van der Waals surface area contributed by atoms with Crippen LogP contribution in [0.3, 0.4) is 0 Å². The number of nitrogens with zero attached hydrogens (tertiary/aromatic N) is 2. The third kappa shape index (κ3) is 3.54. The normalized spacial score (nSPS) is 13.3. The molecule has 1 aromatic rings. The Morgan fingerprint density at radius 2 is 1.88 bits per heavy atom. The molecule has 2 rings (SSSR count). The second-order valence-corrected chi connectivity index (χ2v) is 5.12. The lowest BCUT2D eigenvalue weighted by Gasteiger charge is -2.24. The molecular weight excluding hydrogens is 351 g/mol. The zero-order valence-corrected chi connectivity index (χ0v) is 14.0. The monoisotopic (exact) mass is 362 g/mol. The molecule has 0 aromatic heterocycles. The number of hydrogen-bond acceptors (Lipinski definition) is 6. The van der Waals surface area contributed by atoms with Gasteiger partial charge in [-0.3, -0.25) is 0 Å². The Morgan fingerprint density at radius 3 is 2.48 bits per heavy atom. The average molecular weight is 363 g/mol. The summed E-state index contributed by atoms with van der Waals surface area (Å²) in [6, 6.07) is 4.00. The molecule has 6 nitrogen and oxygen atoms in total. The van der Waals surface area contributed by atoms with Gasteiger partial charge in [-0.25, -0.2) is 14.0 Å². The van der Waals surface area contributed by atoms with E-state index in [1.165, 1.54) is 29.3 Å². The Labute approximate surface area is 148 Å². The number of allylic oxidation sites excluding steroid dienone is 2. The van der Waals surface area contributed by atoms with Gasteiger partial charge in [0.25, 0.3) is 0 Å². The molecule has 128 valence electrons. The number of methoxy groups -OCH3 is 2.